The summed E-state index contributed by atoms with van der Waals surface area (Å²) in [5.74, 6) is -0.107. The summed E-state index contributed by atoms with van der Waals surface area (Å²) in [6.07, 6.45) is 0.698. The van der Waals surface area contributed by atoms with Gasteiger partial charge in [0, 0.05) is 31.7 Å². The molecule has 8 nitrogen and oxygen atoms in total. The molecule has 220 valence electrons. The number of benzene rings is 3. The SMILES string of the molecule is CCOc1ccc(C(O)=C2C(=O)C(=O)N(CCCN3CCOCC3)C2c2ccc(OCc3ccccc3)cc2)c(C)c1. The minimum Gasteiger partial charge on any atom is -0.507 e. The van der Waals surface area contributed by atoms with E-state index in [1.165, 1.54) is 0 Å². The molecule has 42 heavy (non-hydrogen) atoms. The van der Waals surface area contributed by atoms with E-state index in [-0.39, 0.29) is 11.3 Å². The van der Waals surface area contributed by atoms with E-state index in [0.29, 0.717) is 56.5 Å². The number of morpholine rings is 1. The molecule has 0 radical (unpaired) electrons. The predicted octanol–water partition coefficient (Wildman–Crippen LogP) is 5.12. The lowest BCUT2D eigenvalue weighted by atomic mass is 9.93. The van der Waals surface area contributed by atoms with E-state index in [0.717, 1.165) is 36.3 Å². The Labute approximate surface area is 247 Å². The normalized spacial score (nSPS) is 18.8. The van der Waals surface area contributed by atoms with E-state index < -0.39 is 17.7 Å². The summed E-state index contributed by atoms with van der Waals surface area (Å²) in [6.45, 7) is 8.98. The first-order valence-electron chi connectivity index (χ1n) is 14.5. The number of hydrogen-bond acceptors (Lipinski definition) is 7. The van der Waals surface area contributed by atoms with Crippen LogP contribution in [0.25, 0.3) is 5.76 Å². The zero-order valence-electron chi connectivity index (χ0n) is 24.3. The molecule has 0 bridgehead atoms. The Morgan fingerprint density at radius 1 is 0.929 bits per heavy atom. The molecule has 2 heterocycles. The monoisotopic (exact) mass is 570 g/mol. The summed E-state index contributed by atoms with van der Waals surface area (Å²) in [5, 5.41) is 11.5. The Balaban J connectivity index is 1.44. The second kappa shape index (κ2) is 13.7. The van der Waals surface area contributed by atoms with Crippen molar-refractivity contribution in [2.45, 2.75) is 32.9 Å². The Kier molecular flexibility index (Phi) is 9.56. The molecule has 0 aliphatic carbocycles. The molecule has 1 atom stereocenters. The number of carbonyl (C=O) groups excluding carboxylic acids is 2. The van der Waals surface area contributed by atoms with Gasteiger partial charge < -0.3 is 24.2 Å². The van der Waals surface area contributed by atoms with Crippen LogP contribution in [-0.2, 0) is 20.9 Å². The van der Waals surface area contributed by atoms with Gasteiger partial charge in [0.05, 0.1) is 31.4 Å². The van der Waals surface area contributed by atoms with Gasteiger partial charge in [-0.1, -0.05) is 42.5 Å². The highest BCUT2D eigenvalue weighted by Gasteiger charge is 2.46. The molecule has 1 amide bonds. The zero-order chi connectivity index (χ0) is 29.5. The summed E-state index contributed by atoms with van der Waals surface area (Å²) in [6, 6.07) is 21.9. The van der Waals surface area contributed by atoms with Crippen LogP contribution in [0.1, 0.15) is 41.6 Å². The highest BCUT2D eigenvalue weighted by molar-refractivity contribution is 6.46. The van der Waals surface area contributed by atoms with Crippen molar-refractivity contribution < 1.29 is 28.9 Å². The molecule has 1 unspecified atom stereocenters. The van der Waals surface area contributed by atoms with Crippen molar-refractivity contribution in [3.63, 3.8) is 0 Å². The minimum absolute atomic E-state index is 0.0941. The lowest BCUT2D eigenvalue weighted by molar-refractivity contribution is -0.140. The minimum atomic E-state index is -0.719. The molecule has 3 aromatic carbocycles. The first-order chi connectivity index (χ1) is 20.5. The van der Waals surface area contributed by atoms with Crippen LogP contribution in [0.5, 0.6) is 11.5 Å². The van der Waals surface area contributed by atoms with Crippen LogP contribution in [0, 0.1) is 6.92 Å². The third-order valence-corrected chi connectivity index (χ3v) is 7.73. The molecular weight excluding hydrogens is 532 g/mol. The lowest BCUT2D eigenvalue weighted by Crippen LogP contribution is -2.38. The Morgan fingerprint density at radius 2 is 1.64 bits per heavy atom. The maximum absolute atomic E-state index is 13.5. The molecule has 8 heteroatoms. The number of aryl methyl sites for hydroxylation is 1. The van der Waals surface area contributed by atoms with Crippen molar-refractivity contribution in [3.8, 4) is 11.5 Å². The van der Waals surface area contributed by atoms with Gasteiger partial charge >= 0.3 is 0 Å². The topological polar surface area (TPSA) is 88.5 Å². The molecular formula is C34H38N2O6. The van der Waals surface area contributed by atoms with Crippen LogP contribution in [0.2, 0.25) is 0 Å². The van der Waals surface area contributed by atoms with Crippen molar-refractivity contribution in [1.82, 2.24) is 9.80 Å². The van der Waals surface area contributed by atoms with Gasteiger partial charge in [-0.05, 0) is 67.3 Å². The molecule has 1 N–H and O–H groups in total. The van der Waals surface area contributed by atoms with Crippen molar-refractivity contribution >= 4 is 17.4 Å². The number of likely N-dealkylation sites (tertiary alicyclic amines) is 1. The van der Waals surface area contributed by atoms with Crippen LogP contribution in [-0.4, -0.2) is 72.6 Å². The average Bonchev–Trinajstić information content (AvgIpc) is 3.26. The second-order valence-corrected chi connectivity index (χ2v) is 10.6. The van der Waals surface area contributed by atoms with Gasteiger partial charge in [0.2, 0.25) is 0 Å². The molecule has 0 saturated carbocycles. The summed E-state index contributed by atoms with van der Waals surface area (Å²) >= 11 is 0. The standard InChI is InChI=1S/C34H38N2O6/c1-3-41-28-14-15-29(24(2)22-28)32(37)30-31(26-10-12-27(13-11-26)42-23-25-8-5-4-6-9-25)36(34(39)33(30)38)17-7-16-35-18-20-40-21-19-35/h4-6,8-15,22,31,37H,3,7,16-21,23H2,1-2H3. The average molecular weight is 571 g/mol. The highest BCUT2D eigenvalue weighted by atomic mass is 16.5. The molecule has 2 fully saturated rings. The predicted molar refractivity (Wildman–Crippen MR) is 160 cm³/mol. The van der Waals surface area contributed by atoms with Crippen LogP contribution in [0.15, 0.2) is 78.4 Å². The third kappa shape index (κ3) is 6.66. The van der Waals surface area contributed by atoms with E-state index in [1.54, 1.807) is 17.0 Å². The number of ether oxygens (including phenoxy) is 3. The van der Waals surface area contributed by atoms with Crippen LogP contribution >= 0.6 is 0 Å². The molecule has 3 aromatic rings. The molecule has 2 saturated heterocycles. The van der Waals surface area contributed by atoms with Crippen molar-refractivity contribution in [2.75, 3.05) is 46.0 Å². The number of amides is 1. The first-order valence-corrected chi connectivity index (χ1v) is 14.5. The van der Waals surface area contributed by atoms with Gasteiger partial charge in [0.1, 0.15) is 23.9 Å². The van der Waals surface area contributed by atoms with Gasteiger partial charge in [-0.25, -0.2) is 0 Å². The van der Waals surface area contributed by atoms with Crippen LogP contribution in [0.4, 0.5) is 0 Å². The molecule has 0 aromatic heterocycles. The van der Waals surface area contributed by atoms with Crippen LogP contribution in [0.3, 0.4) is 0 Å². The van der Waals surface area contributed by atoms with Crippen LogP contribution < -0.4 is 9.47 Å². The molecule has 0 spiro atoms. The zero-order valence-corrected chi connectivity index (χ0v) is 24.3. The van der Waals surface area contributed by atoms with E-state index >= 15 is 0 Å². The summed E-state index contributed by atoms with van der Waals surface area (Å²) in [5.41, 5.74) is 3.13. The number of rotatable bonds is 11. The van der Waals surface area contributed by atoms with E-state index in [4.69, 9.17) is 14.2 Å². The van der Waals surface area contributed by atoms with Gasteiger partial charge in [-0.2, -0.15) is 0 Å². The summed E-state index contributed by atoms with van der Waals surface area (Å²) < 4.78 is 17.0. The van der Waals surface area contributed by atoms with Crippen molar-refractivity contribution in [2.24, 2.45) is 0 Å². The van der Waals surface area contributed by atoms with Gasteiger partial charge in [0.25, 0.3) is 11.7 Å². The number of hydrogen-bond donors (Lipinski definition) is 1. The molecule has 2 aliphatic rings. The number of ketones is 1. The maximum atomic E-state index is 13.5. The maximum Gasteiger partial charge on any atom is 0.295 e. The fourth-order valence-corrected chi connectivity index (χ4v) is 5.54. The number of nitrogens with zero attached hydrogens (tertiary/aromatic N) is 2. The lowest BCUT2D eigenvalue weighted by Gasteiger charge is -2.29. The van der Waals surface area contributed by atoms with E-state index in [9.17, 15) is 14.7 Å². The number of Topliss-reactive ketones (excluding diaryl/α,β-unsaturated/α-hetero) is 1. The first kappa shape index (κ1) is 29.4. The summed E-state index contributed by atoms with van der Waals surface area (Å²) in [7, 11) is 0. The Bertz CT molecular complexity index is 1410. The Morgan fingerprint density at radius 3 is 2.33 bits per heavy atom. The van der Waals surface area contributed by atoms with Crippen molar-refractivity contribution in [3.05, 3.63) is 101 Å². The number of aliphatic hydroxyl groups excluding tert-OH is 1. The van der Waals surface area contributed by atoms with E-state index in [2.05, 4.69) is 4.90 Å². The fraction of sp³-hybridized carbons (Fsp3) is 0.353. The van der Waals surface area contributed by atoms with Gasteiger partial charge in [0.15, 0.2) is 0 Å². The summed E-state index contributed by atoms with van der Waals surface area (Å²) in [4.78, 5) is 30.8. The largest absolute Gasteiger partial charge is 0.507 e. The Hall–Kier alpha value is -4.14. The highest BCUT2D eigenvalue weighted by Crippen LogP contribution is 2.40. The van der Waals surface area contributed by atoms with Crippen molar-refractivity contribution in [1.29, 1.82) is 0 Å². The molecule has 5 rings (SSSR count). The van der Waals surface area contributed by atoms with Gasteiger partial charge in [-0.15, -0.1) is 0 Å². The second-order valence-electron chi connectivity index (χ2n) is 10.6. The number of carbonyl (C=O) groups is 2. The quantitative estimate of drug-likeness (QED) is 0.195. The smallest absolute Gasteiger partial charge is 0.295 e. The van der Waals surface area contributed by atoms with E-state index in [1.807, 2.05) is 74.5 Å². The fourth-order valence-electron chi connectivity index (χ4n) is 5.54. The molecule has 2 aliphatic heterocycles. The van der Waals surface area contributed by atoms with Gasteiger partial charge in [-0.3, -0.25) is 14.5 Å². The third-order valence-electron chi connectivity index (χ3n) is 7.73. The number of aliphatic hydroxyl groups is 1.